The number of aromatic nitrogens is 2. The number of likely N-dealkylation sites (N-methyl/N-ethyl adjacent to an activating group) is 1. The van der Waals surface area contributed by atoms with Crippen molar-refractivity contribution in [2.24, 2.45) is 0 Å². The summed E-state index contributed by atoms with van der Waals surface area (Å²) in [5.74, 6) is 0. The predicted molar refractivity (Wildman–Crippen MR) is 45.9 cm³/mol. The third-order valence-corrected chi connectivity index (χ3v) is 1.85. The standard InChI is InChI=1S/C8H12F3N3/c1-6(5-12-2)14-4-3-7(13-14)8(9,10)11/h3-4,6,12H,5H2,1-2H3. The molecule has 0 bridgehead atoms. The number of nitrogens with zero attached hydrogens (tertiary/aromatic N) is 2. The fraction of sp³-hybridized carbons (Fsp3) is 0.625. The molecular formula is C8H12F3N3. The molecule has 0 fully saturated rings. The van der Waals surface area contributed by atoms with E-state index >= 15 is 0 Å². The Hall–Kier alpha value is -1.04. The Bertz CT molecular complexity index is 292. The SMILES string of the molecule is CNCC(C)n1ccc(C(F)(F)F)n1. The van der Waals surface area contributed by atoms with Crippen LogP contribution in [0.5, 0.6) is 0 Å². The van der Waals surface area contributed by atoms with E-state index in [1.807, 2.05) is 0 Å². The average Bonchev–Trinajstić information content (AvgIpc) is 2.51. The van der Waals surface area contributed by atoms with Crippen molar-refractivity contribution in [3.63, 3.8) is 0 Å². The largest absolute Gasteiger partial charge is 0.435 e. The van der Waals surface area contributed by atoms with Crippen molar-refractivity contribution < 1.29 is 13.2 Å². The zero-order chi connectivity index (χ0) is 10.8. The molecule has 1 aromatic rings. The lowest BCUT2D eigenvalue weighted by molar-refractivity contribution is -0.141. The molecule has 1 rings (SSSR count). The van der Waals surface area contributed by atoms with Gasteiger partial charge in [0, 0.05) is 12.7 Å². The highest BCUT2D eigenvalue weighted by molar-refractivity contribution is 5.03. The molecule has 1 heterocycles. The Morgan fingerprint density at radius 1 is 1.57 bits per heavy atom. The van der Waals surface area contributed by atoms with Gasteiger partial charge in [0.1, 0.15) is 0 Å². The molecule has 0 aliphatic carbocycles. The second-order valence-electron chi connectivity index (χ2n) is 3.09. The Kier molecular flexibility index (Phi) is 3.15. The third-order valence-electron chi connectivity index (χ3n) is 1.85. The fourth-order valence-corrected chi connectivity index (χ4v) is 1.12. The van der Waals surface area contributed by atoms with Crippen LogP contribution >= 0.6 is 0 Å². The van der Waals surface area contributed by atoms with Gasteiger partial charge in [-0.05, 0) is 20.0 Å². The highest BCUT2D eigenvalue weighted by Crippen LogP contribution is 2.27. The molecule has 0 spiro atoms. The molecule has 80 valence electrons. The molecule has 0 aliphatic rings. The maximum Gasteiger partial charge on any atom is 0.435 e. The van der Waals surface area contributed by atoms with E-state index in [2.05, 4.69) is 10.4 Å². The molecule has 3 nitrogen and oxygen atoms in total. The first kappa shape index (κ1) is 11.0. The first-order chi connectivity index (χ1) is 6.45. The first-order valence-electron chi connectivity index (χ1n) is 4.22. The molecule has 1 unspecified atom stereocenters. The van der Waals surface area contributed by atoms with Crippen molar-refractivity contribution in [2.45, 2.75) is 19.1 Å². The van der Waals surface area contributed by atoms with Crippen LogP contribution in [-0.4, -0.2) is 23.4 Å². The van der Waals surface area contributed by atoms with Crippen LogP contribution in [0.4, 0.5) is 13.2 Å². The lowest BCUT2D eigenvalue weighted by Gasteiger charge is -2.11. The molecule has 14 heavy (non-hydrogen) atoms. The molecule has 1 atom stereocenters. The van der Waals surface area contributed by atoms with Gasteiger partial charge in [-0.15, -0.1) is 0 Å². The minimum Gasteiger partial charge on any atom is -0.318 e. The quantitative estimate of drug-likeness (QED) is 0.817. The van der Waals surface area contributed by atoms with Gasteiger partial charge in [0.15, 0.2) is 5.69 Å². The number of nitrogens with one attached hydrogen (secondary N) is 1. The third kappa shape index (κ3) is 2.47. The van der Waals surface area contributed by atoms with E-state index in [0.717, 1.165) is 6.07 Å². The Balaban J connectivity index is 2.78. The molecular weight excluding hydrogens is 195 g/mol. The van der Waals surface area contributed by atoms with Crippen LogP contribution in [0.3, 0.4) is 0 Å². The van der Waals surface area contributed by atoms with Gasteiger partial charge in [-0.3, -0.25) is 4.68 Å². The summed E-state index contributed by atoms with van der Waals surface area (Å²) in [6, 6.07) is 0.891. The highest BCUT2D eigenvalue weighted by atomic mass is 19.4. The van der Waals surface area contributed by atoms with Crippen molar-refractivity contribution in [1.82, 2.24) is 15.1 Å². The van der Waals surface area contributed by atoms with E-state index in [0.29, 0.717) is 6.54 Å². The summed E-state index contributed by atoms with van der Waals surface area (Å²) in [5.41, 5.74) is -0.847. The van der Waals surface area contributed by atoms with Crippen LogP contribution in [0.2, 0.25) is 0 Å². The Morgan fingerprint density at radius 2 is 2.21 bits per heavy atom. The number of halogens is 3. The minimum absolute atomic E-state index is 0.0869. The number of rotatable bonds is 3. The number of hydrogen-bond donors (Lipinski definition) is 1. The summed E-state index contributed by atoms with van der Waals surface area (Å²) in [6.45, 7) is 2.38. The molecule has 0 saturated heterocycles. The maximum absolute atomic E-state index is 12.2. The molecule has 0 saturated carbocycles. The van der Waals surface area contributed by atoms with Crippen LogP contribution in [-0.2, 0) is 6.18 Å². The highest BCUT2D eigenvalue weighted by Gasteiger charge is 2.33. The molecule has 0 aliphatic heterocycles. The first-order valence-corrected chi connectivity index (χ1v) is 4.22. The molecule has 1 N–H and O–H groups in total. The summed E-state index contributed by atoms with van der Waals surface area (Å²) < 4.78 is 37.8. The second-order valence-corrected chi connectivity index (χ2v) is 3.09. The van der Waals surface area contributed by atoms with Crippen LogP contribution < -0.4 is 5.32 Å². The van der Waals surface area contributed by atoms with Gasteiger partial charge in [0.05, 0.1) is 6.04 Å². The lowest BCUT2D eigenvalue weighted by atomic mass is 10.3. The van der Waals surface area contributed by atoms with Gasteiger partial charge in [-0.2, -0.15) is 18.3 Å². The van der Waals surface area contributed by atoms with Crippen LogP contribution in [0.15, 0.2) is 12.3 Å². The van der Waals surface area contributed by atoms with Gasteiger partial charge in [0.2, 0.25) is 0 Å². The van der Waals surface area contributed by atoms with E-state index in [1.54, 1.807) is 14.0 Å². The van der Waals surface area contributed by atoms with Crippen molar-refractivity contribution in [1.29, 1.82) is 0 Å². The number of hydrogen-bond acceptors (Lipinski definition) is 2. The zero-order valence-corrected chi connectivity index (χ0v) is 7.97. The van der Waals surface area contributed by atoms with Gasteiger partial charge in [0.25, 0.3) is 0 Å². The Labute approximate surface area is 79.9 Å². The zero-order valence-electron chi connectivity index (χ0n) is 7.97. The van der Waals surface area contributed by atoms with Crippen molar-refractivity contribution in [3.05, 3.63) is 18.0 Å². The van der Waals surface area contributed by atoms with Gasteiger partial charge in [-0.1, -0.05) is 0 Å². The molecule has 6 heteroatoms. The second kappa shape index (κ2) is 4.00. The van der Waals surface area contributed by atoms with E-state index in [4.69, 9.17) is 0 Å². The monoisotopic (exact) mass is 207 g/mol. The van der Waals surface area contributed by atoms with E-state index in [-0.39, 0.29) is 6.04 Å². The molecule has 0 radical (unpaired) electrons. The number of alkyl halides is 3. The summed E-state index contributed by atoms with van der Waals surface area (Å²) in [6.07, 6.45) is -3.02. The molecule has 0 amide bonds. The smallest absolute Gasteiger partial charge is 0.318 e. The van der Waals surface area contributed by atoms with Gasteiger partial charge in [-0.25, -0.2) is 0 Å². The summed E-state index contributed by atoms with van der Waals surface area (Å²) >= 11 is 0. The van der Waals surface area contributed by atoms with E-state index in [9.17, 15) is 13.2 Å². The van der Waals surface area contributed by atoms with Crippen molar-refractivity contribution in [2.75, 3.05) is 13.6 Å². The van der Waals surface area contributed by atoms with Crippen LogP contribution in [0, 0.1) is 0 Å². The van der Waals surface area contributed by atoms with E-state index in [1.165, 1.54) is 10.9 Å². The summed E-state index contributed by atoms with van der Waals surface area (Å²) in [7, 11) is 1.74. The Morgan fingerprint density at radius 3 is 2.64 bits per heavy atom. The predicted octanol–water partition coefficient (Wildman–Crippen LogP) is 1.68. The van der Waals surface area contributed by atoms with Crippen molar-refractivity contribution in [3.8, 4) is 0 Å². The minimum atomic E-state index is -4.36. The van der Waals surface area contributed by atoms with Crippen molar-refractivity contribution >= 4 is 0 Å². The average molecular weight is 207 g/mol. The van der Waals surface area contributed by atoms with Gasteiger partial charge >= 0.3 is 6.18 Å². The topological polar surface area (TPSA) is 29.9 Å². The summed E-state index contributed by atoms with van der Waals surface area (Å²) in [4.78, 5) is 0. The lowest BCUT2D eigenvalue weighted by Crippen LogP contribution is -2.20. The maximum atomic E-state index is 12.2. The fourth-order valence-electron chi connectivity index (χ4n) is 1.12. The van der Waals surface area contributed by atoms with Crippen LogP contribution in [0.1, 0.15) is 18.7 Å². The normalized spacial score (nSPS) is 14.4. The molecule has 0 aromatic carbocycles. The summed E-state index contributed by atoms with van der Waals surface area (Å²) in [5, 5.41) is 6.32. The van der Waals surface area contributed by atoms with E-state index < -0.39 is 11.9 Å². The van der Waals surface area contributed by atoms with Crippen LogP contribution in [0.25, 0.3) is 0 Å². The molecule has 1 aromatic heterocycles. The van der Waals surface area contributed by atoms with Gasteiger partial charge < -0.3 is 5.32 Å².